The number of halogens is 2. The van der Waals surface area contributed by atoms with Crippen molar-refractivity contribution in [2.45, 2.75) is 12.5 Å². The molecule has 2 aromatic carbocycles. The number of hydrogen-bond donors (Lipinski definition) is 0. The number of carbonyl (C=O) groups is 2. The molecule has 1 heterocycles. The third-order valence-corrected chi connectivity index (χ3v) is 3.88. The smallest absolute Gasteiger partial charge is 0.417 e. The zero-order chi connectivity index (χ0) is 17.8. The lowest BCUT2D eigenvalue weighted by Gasteiger charge is -2.18. The van der Waals surface area contributed by atoms with Crippen molar-refractivity contribution in [3.05, 3.63) is 77.4 Å². The fourth-order valence-electron chi connectivity index (χ4n) is 2.64. The van der Waals surface area contributed by atoms with E-state index < -0.39 is 29.7 Å². The summed E-state index contributed by atoms with van der Waals surface area (Å²) in [5.41, 5.74) is 1.03. The molecule has 0 aromatic heterocycles. The Morgan fingerprint density at radius 2 is 1.96 bits per heavy atom. The summed E-state index contributed by atoms with van der Waals surface area (Å²) in [6, 6.07) is 12.0. The number of amides is 2. The van der Waals surface area contributed by atoms with Crippen LogP contribution in [0.5, 0.6) is 0 Å². The van der Waals surface area contributed by atoms with Gasteiger partial charge in [0.25, 0.3) is 5.91 Å². The van der Waals surface area contributed by atoms with Crippen LogP contribution in [0, 0.1) is 11.6 Å². The van der Waals surface area contributed by atoms with Crippen molar-refractivity contribution >= 4 is 18.1 Å². The third kappa shape index (κ3) is 3.91. The van der Waals surface area contributed by atoms with Gasteiger partial charge in [-0.3, -0.25) is 4.79 Å². The minimum atomic E-state index is -0.783. The molecule has 4 nitrogen and oxygen atoms in total. The highest BCUT2D eigenvalue weighted by molar-refractivity contribution is 6.02. The van der Waals surface area contributed by atoms with Crippen molar-refractivity contribution in [2.24, 2.45) is 0 Å². The molecule has 0 N–H and O–H groups in total. The van der Waals surface area contributed by atoms with Crippen LogP contribution in [0.1, 0.15) is 11.1 Å². The van der Waals surface area contributed by atoms with Crippen LogP contribution < -0.4 is 0 Å². The third-order valence-electron chi connectivity index (χ3n) is 3.88. The normalized spacial score (nSPS) is 17.1. The topological polar surface area (TPSA) is 46.6 Å². The van der Waals surface area contributed by atoms with E-state index in [9.17, 15) is 18.4 Å². The summed E-state index contributed by atoms with van der Waals surface area (Å²) in [6.45, 7) is 0.109. The molecule has 1 atom stereocenters. The van der Waals surface area contributed by atoms with Gasteiger partial charge in [-0.15, -0.1) is 0 Å². The maximum absolute atomic E-state index is 13.6. The summed E-state index contributed by atoms with van der Waals surface area (Å²) in [7, 11) is 0. The number of ether oxygens (including phenoxy) is 1. The SMILES string of the molecule is O=C(/C=C/c1ccc(F)cc1F)N1C(=O)OCC1Cc1ccccc1. The van der Waals surface area contributed by atoms with Gasteiger partial charge < -0.3 is 4.74 Å². The molecule has 1 aliphatic rings. The molecule has 6 heteroatoms. The lowest BCUT2D eigenvalue weighted by molar-refractivity contribution is -0.124. The number of nitrogens with zero attached hydrogens (tertiary/aromatic N) is 1. The predicted molar refractivity (Wildman–Crippen MR) is 87.5 cm³/mol. The van der Waals surface area contributed by atoms with Gasteiger partial charge in [-0.2, -0.15) is 0 Å². The average Bonchev–Trinajstić information content (AvgIpc) is 2.95. The van der Waals surface area contributed by atoms with Gasteiger partial charge in [-0.25, -0.2) is 18.5 Å². The molecule has 0 spiro atoms. The lowest BCUT2D eigenvalue weighted by atomic mass is 10.1. The van der Waals surface area contributed by atoms with Crippen LogP contribution in [0.25, 0.3) is 6.08 Å². The summed E-state index contributed by atoms with van der Waals surface area (Å²) in [6.07, 6.45) is 2.04. The average molecular weight is 343 g/mol. The molecule has 0 bridgehead atoms. The number of hydrogen-bond acceptors (Lipinski definition) is 3. The van der Waals surface area contributed by atoms with Crippen LogP contribution in [0.4, 0.5) is 13.6 Å². The first-order chi connectivity index (χ1) is 12.0. The Morgan fingerprint density at radius 3 is 2.68 bits per heavy atom. The Kier molecular flexibility index (Phi) is 4.88. The Labute approximate surface area is 143 Å². The standard InChI is InChI=1S/C19H15F2NO3/c20-15-8-6-14(17(21)11-15)7-9-18(23)22-16(12-25-19(22)24)10-13-4-2-1-3-5-13/h1-9,11,16H,10,12H2/b9-7+. The van der Waals surface area contributed by atoms with Gasteiger partial charge in [-0.05, 0) is 30.2 Å². The van der Waals surface area contributed by atoms with E-state index >= 15 is 0 Å². The van der Waals surface area contributed by atoms with Gasteiger partial charge in [-0.1, -0.05) is 30.3 Å². The molecule has 2 aromatic rings. The number of cyclic esters (lactones) is 1. The Morgan fingerprint density at radius 1 is 1.20 bits per heavy atom. The van der Waals surface area contributed by atoms with Gasteiger partial charge in [0, 0.05) is 17.7 Å². The highest BCUT2D eigenvalue weighted by Gasteiger charge is 2.36. The maximum Gasteiger partial charge on any atom is 0.417 e. The minimum absolute atomic E-state index is 0.0573. The zero-order valence-corrected chi connectivity index (χ0v) is 13.2. The van der Waals surface area contributed by atoms with Gasteiger partial charge >= 0.3 is 6.09 Å². The molecule has 1 aliphatic heterocycles. The first-order valence-corrected chi connectivity index (χ1v) is 7.71. The molecule has 1 unspecified atom stereocenters. The van der Waals surface area contributed by atoms with Gasteiger partial charge in [0.2, 0.25) is 0 Å². The molecule has 0 aliphatic carbocycles. The van der Waals surface area contributed by atoms with Gasteiger partial charge in [0.05, 0.1) is 6.04 Å². The monoisotopic (exact) mass is 343 g/mol. The van der Waals surface area contributed by atoms with Crippen molar-refractivity contribution in [3.8, 4) is 0 Å². The highest BCUT2D eigenvalue weighted by Crippen LogP contribution is 2.19. The van der Waals surface area contributed by atoms with E-state index in [1.54, 1.807) is 0 Å². The second-order valence-electron chi connectivity index (χ2n) is 5.63. The first kappa shape index (κ1) is 16.8. The van der Waals surface area contributed by atoms with E-state index in [1.165, 1.54) is 12.1 Å². The van der Waals surface area contributed by atoms with Crippen molar-refractivity contribution < 1.29 is 23.1 Å². The van der Waals surface area contributed by atoms with Crippen LogP contribution in [0.3, 0.4) is 0 Å². The van der Waals surface area contributed by atoms with Crippen LogP contribution in [0.15, 0.2) is 54.6 Å². The Hall–Kier alpha value is -3.02. The second-order valence-corrected chi connectivity index (χ2v) is 5.63. The van der Waals surface area contributed by atoms with E-state index in [-0.39, 0.29) is 12.2 Å². The number of benzene rings is 2. The molecule has 0 radical (unpaired) electrons. The molecular weight excluding hydrogens is 328 g/mol. The van der Waals surface area contributed by atoms with Gasteiger partial charge in [0.1, 0.15) is 18.2 Å². The van der Waals surface area contributed by atoms with E-state index in [1.807, 2.05) is 30.3 Å². The second kappa shape index (κ2) is 7.25. The van der Waals surface area contributed by atoms with E-state index in [0.717, 1.165) is 28.7 Å². The van der Waals surface area contributed by atoms with Crippen LogP contribution in [0.2, 0.25) is 0 Å². The van der Waals surface area contributed by atoms with Crippen molar-refractivity contribution in [3.63, 3.8) is 0 Å². The van der Waals surface area contributed by atoms with E-state index in [2.05, 4.69) is 0 Å². The van der Waals surface area contributed by atoms with E-state index in [0.29, 0.717) is 6.42 Å². The summed E-state index contributed by atoms with van der Waals surface area (Å²) >= 11 is 0. The molecule has 1 fully saturated rings. The highest BCUT2D eigenvalue weighted by atomic mass is 19.1. The quantitative estimate of drug-likeness (QED) is 0.798. The molecule has 1 saturated heterocycles. The molecule has 3 rings (SSSR count). The lowest BCUT2D eigenvalue weighted by Crippen LogP contribution is -2.39. The van der Waals surface area contributed by atoms with Crippen molar-refractivity contribution in [1.82, 2.24) is 4.90 Å². The number of rotatable bonds is 4. The van der Waals surface area contributed by atoms with E-state index in [4.69, 9.17) is 4.74 Å². The molecule has 128 valence electrons. The predicted octanol–water partition coefficient (Wildman–Crippen LogP) is 3.57. The summed E-state index contributed by atoms with van der Waals surface area (Å²) < 4.78 is 31.5. The number of imide groups is 1. The maximum atomic E-state index is 13.6. The fourth-order valence-corrected chi connectivity index (χ4v) is 2.64. The summed E-state index contributed by atoms with van der Waals surface area (Å²) in [5, 5.41) is 0. The molecule has 2 amide bonds. The summed E-state index contributed by atoms with van der Waals surface area (Å²) in [4.78, 5) is 25.2. The molecular formula is C19H15F2NO3. The van der Waals surface area contributed by atoms with Crippen LogP contribution in [-0.4, -0.2) is 29.5 Å². The first-order valence-electron chi connectivity index (χ1n) is 7.71. The molecule has 25 heavy (non-hydrogen) atoms. The van der Waals surface area contributed by atoms with Crippen molar-refractivity contribution in [2.75, 3.05) is 6.61 Å². The van der Waals surface area contributed by atoms with Crippen LogP contribution >= 0.6 is 0 Å². The minimum Gasteiger partial charge on any atom is -0.447 e. The largest absolute Gasteiger partial charge is 0.447 e. The Balaban J connectivity index is 1.74. The fraction of sp³-hybridized carbons (Fsp3) is 0.158. The number of carbonyl (C=O) groups excluding carboxylic acids is 2. The zero-order valence-electron chi connectivity index (χ0n) is 13.2. The van der Waals surface area contributed by atoms with Crippen molar-refractivity contribution in [1.29, 1.82) is 0 Å². The summed E-state index contributed by atoms with van der Waals surface area (Å²) in [5.74, 6) is -2.09. The Bertz CT molecular complexity index is 821. The van der Waals surface area contributed by atoms with Crippen LogP contribution in [-0.2, 0) is 16.0 Å². The van der Waals surface area contributed by atoms with Gasteiger partial charge in [0.15, 0.2) is 0 Å². The molecule has 0 saturated carbocycles.